The van der Waals surface area contributed by atoms with Gasteiger partial charge in [-0.05, 0) is 31.5 Å². The zero-order chi connectivity index (χ0) is 13.5. The fraction of sp³-hybridized carbons (Fsp3) is 0.385. The van der Waals surface area contributed by atoms with Crippen LogP contribution >= 0.6 is 0 Å². The number of hydrogen-bond donors (Lipinski definition) is 1. The van der Waals surface area contributed by atoms with E-state index in [-0.39, 0.29) is 12.2 Å². The second kappa shape index (κ2) is 6.50. The van der Waals surface area contributed by atoms with Gasteiger partial charge < -0.3 is 15.2 Å². The Hall–Kier alpha value is -2.22. The van der Waals surface area contributed by atoms with Crippen molar-refractivity contribution in [2.45, 2.75) is 26.4 Å². The lowest BCUT2D eigenvalue weighted by Crippen LogP contribution is -2.16. The predicted molar refractivity (Wildman–Crippen MR) is 67.1 cm³/mol. The second-order valence-electron chi connectivity index (χ2n) is 3.62. The van der Waals surface area contributed by atoms with Crippen LogP contribution in [0, 0.1) is 11.3 Å². The van der Waals surface area contributed by atoms with Crippen LogP contribution in [0.1, 0.15) is 30.6 Å². The molecule has 0 aliphatic carbocycles. The van der Waals surface area contributed by atoms with Crippen LogP contribution in [0.4, 0.5) is 5.69 Å². The molecule has 1 unspecified atom stereocenters. The van der Waals surface area contributed by atoms with Crippen LogP contribution in [-0.4, -0.2) is 18.7 Å². The SMILES string of the molecule is CCOC(=O)c1cc(N)ccc1OC(C#N)CC. The van der Waals surface area contributed by atoms with Crippen LogP contribution < -0.4 is 10.5 Å². The van der Waals surface area contributed by atoms with Gasteiger partial charge in [0, 0.05) is 5.69 Å². The van der Waals surface area contributed by atoms with Gasteiger partial charge in [-0.2, -0.15) is 5.26 Å². The standard InChI is InChI=1S/C13H16N2O3/c1-3-10(8-14)18-12-6-5-9(15)7-11(12)13(16)17-4-2/h5-7,10H,3-4,15H2,1-2H3. The first-order valence-electron chi connectivity index (χ1n) is 5.75. The lowest BCUT2D eigenvalue weighted by atomic mass is 10.1. The van der Waals surface area contributed by atoms with Crippen molar-refractivity contribution in [1.29, 1.82) is 5.26 Å². The summed E-state index contributed by atoms with van der Waals surface area (Å²) in [6.07, 6.45) is -0.0647. The molecule has 1 rings (SSSR count). The molecule has 1 aromatic rings. The minimum atomic E-state index is -0.596. The molecule has 0 saturated heterocycles. The Kier molecular flexibility index (Phi) is 5.00. The van der Waals surface area contributed by atoms with Crippen molar-refractivity contribution in [2.75, 3.05) is 12.3 Å². The smallest absolute Gasteiger partial charge is 0.341 e. The molecule has 0 aliphatic heterocycles. The van der Waals surface area contributed by atoms with Crippen molar-refractivity contribution < 1.29 is 14.3 Å². The summed E-state index contributed by atoms with van der Waals surface area (Å²) in [5, 5.41) is 8.86. The highest BCUT2D eigenvalue weighted by molar-refractivity contribution is 5.93. The van der Waals surface area contributed by atoms with Crippen molar-refractivity contribution in [3.05, 3.63) is 23.8 Å². The predicted octanol–water partition coefficient (Wildman–Crippen LogP) is 2.13. The zero-order valence-corrected chi connectivity index (χ0v) is 10.5. The molecular formula is C13H16N2O3. The molecule has 2 N–H and O–H groups in total. The molecule has 5 heteroatoms. The number of nitrogen functional groups attached to an aromatic ring is 1. The van der Waals surface area contributed by atoms with Gasteiger partial charge in [-0.15, -0.1) is 0 Å². The lowest BCUT2D eigenvalue weighted by Gasteiger charge is -2.14. The minimum absolute atomic E-state index is 0.241. The van der Waals surface area contributed by atoms with E-state index in [1.807, 2.05) is 13.0 Å². The molecule has 18 heavy (non-hydrogen) atoms. The fourth-order valence-corrected chi connectivity index (χ4v) is 1.37. The number of carbonyl (C=O) groups excluding carboxylic acids is 1. The molecule has 0 spiro atoms. The molecule has 1 aromatic carbocycles. The Morgan fingerprint density at radius 1 is 1.50 bits per heavy atom. The van der Waals surface area contributed by atoms with Crippen molar-refractivity contribution in [3.63, 3.8) is 0 Å². The monoisotopic (exact) mass is 248 g/mol. The van der Waals surface area contributed by atoms with E-state index in [4.69, 9.17) is 20.5 Å². The summed E-state index contributed by atoms with van der Waals surface area (Å²) in [7, 11) is 0. The zero-order valence-electron chi connectivity index (χ0n) is 10.5. The number of anilines is 1. The van der Waals surface area contributed by atoms with Crippen LogP contribution in [0.5, 0.6) is 5.75 Å². The highest BCUT2D eigenvalue weighted by Crippen LogP contribution is 2.24. The molecule has 0 radical (unpaired) electrons. The molecule has 96 valence electrons. The van der Waals surface area contributed by atoms with Crippen molar-refractivity contribution in [1.82, 2.24) is 0 Å². The lowest BCUT2D eigenvalue weighted by molar-refractivity contribution is 0.0520. The van der Waals surface area contributed by atoms with Crippen molar-refractivity contribution in [3.8, 4) is 11.8 Å². The van der Waals surface area contributed by atoms with Crippen molar-refractivity contribution >= 4 is 11.7 Å². The number of carbonyl (C=O) groups is 1. The highest BCUT2D eigenvalue weighted by atomic mass is 16.5. The van der Waals surface area contributed by atoms with Crippen LogP contribution in [-0.2, 0) is 4.74 Å². The quantitative estimate of drug-likeness (QED) is 0.637. The van der Waals surface area contributed by atoms with E-state index in [0.717, 1.165) is 0 Å². The normalized spacial score (nSPS) is 11.4. The summed E-state index contributed by atoms with van der Waals surface area (Å²) in [6.45, 7) is 3.81. The molecule has 0 heterocycles. The summed E-state index contributed by atoms with van der Waals surface area (Å²) in [4.78, 5) is 11.7. The van der Waals surface area contributed by atoms with Gasteiger partial charge >= 0.3 is 5.97 Å². The van der Waals surface area contributed by atoms with Gasteiger partial charge in [0.2, 0.25) is 0 Å². The molecule has 0 amide bonds. The van der Waals surface area contributed by atoms with E-state index < -0.39 is 12.1 Å². The Labute approximate surface area is 106 Å². The Morgan fingerprint density at radius 2 is 2.22 bits per heavy atom. The topological polar surface area (TPSA) is 85.3 Å². The van der Waals surface area contributed by atoms with Crippen LogP contribution in [0.15, 0.2) is 18.2 Å². The van der Waals surface area contributed by atoms with Crippen LogP contribution in [0.3, 0.4) is 0 Å². The van der Waals surface area contributed by atoms with Gasteiger partial charge in [-0.3, -0.25) is 0 Å². The number of ether oxygens (including phenoxy) is 2. The number of nitrogens with zero attached hydrogens (tertiary/aromatic N) is 1. The molecule has 0 aromatic heterocycles. The fourth-order valence-electron chi connectivity index (χ4n) is 1.37. The maximum Gasteiger partial charge on any atom is 0.341 e. The maximum atomic E-state index is 11.7. The van der Waals surface area contributed by atoms with Crippen molar-refractivity contribution in [2.24, 2.45) is 0 Å². The second-order valence-corrected chi connectivity index (χ2v) is 3.62. The molecular weight excluding hydrogens is 232 g/mol. The summed E-state index contributed by atoms with van der Waals surface area (Å²) < 4.78 is 10.4. The Bertz CT molecular complexity index is 466. The molecule has 0 saturated carbocycles. The molecule has 0 bridgehead atoms. The highest BCUT2D eigenvalue weighted by Gasteiger charge is 2.17. The summed E-state index contributed by atoms with van der Waals surface area (Å²) in [6, 6.07) is 6.68. The van der Waals surface area contributed by atoms with Crippen LogP contribution in [0.25, 0.3) is 0 Å². The minimum Gasteiger partial charge on any atom is -0.475 e. The third kappa shape index (κ3) is 3.39. The number of esters is 1. The first-order valence-corrected chi connectivity index (χ1v) is 5.75. The van der Waals surface area contributed by atoms with E-state index in [1.54, 1.807) is 19.1 Å². The van der Waals surface area contributed by atoms with Gasteiger partial charge in [0.25, 0.3) is 0 Å². The number of nitrogens with two attached hydrogens (primary N) is 1. The van der Waals surface area contributed by atoms with Crippen LogP contribution in [0.2, 0.25) is 0 Å². The van der Waals surface area contributed by atoms with Gasteiger partial charge in [0.1, 0.15) is 17.4 Å². The molecule has 5 nitrogen and oxygen atoms in total. The average molecular weight is 248 g/mol. The average Bonchev–Trinajstić information content (AvgIpc) is 2.37. The Balaban J connectivity index is 3.04. The largest absolute Gasteiger partial charge is 0.475 e. The van der Waals surface area contributed by atoms with E-state index in [0.29, 0.717) is 17.9 Å². The van der Waals surface area contributed by atoms with Gasteiger partial charge in [-0.25, -0.2) is 4.79 Å². The van der Waals surface area contributed by atoms with E-state index in [1.165, 1.54) is 6.07 Å². The summed E-state index contributed by atoms with van der Waals surface area (Å²) in [5.74, 6) is -0.191. The number of nitriles is 1. The number of benzene rings is 1. The third-order valence-electron chi connectivity index (χ3n) is 2.28. The number of rotatable bonds is 5. The molecule has 0 aliphatic rings. The third-order valence-corrected chi connectivity index (χ3v) is 2.28. The van der Waals surface area contributed by atoms with E-state index in [9.17, 15) is 4.79 Å². The first kappa shape index (κ1) is 13.8. The number of hydrogen-bond acceptors (Lipinski definition) is 5. The first-order chi connectivity index (χ1) is 8.62. The van der Waals surface area contributed by atoms with Gasteiger partial charge in [0.05, 0.1) is 6.61 Å². The van der Waals surface area contributed by atoms with E-state index in [2.05, 4.69) is 0 Å². The maximum absolute atomic E-state index is 11.7. The van der Waals surface area contributed by atoms with Gasteiger partial charge in [0.15, 0.2) is 6.10 Å². The summed E-state index contributed by atoms with van der Waals surface area (Å²) >= 11 is 0. The summed E-state index contributed by atoms with van der Waals surface area (Å²) in [5.41, 5.74) is 6.31. The Morgan fingerprint density at radius 3 is 2.78 bits per heavy atom. The molecule has 0 fully saturated rings. The molecule has 1 atom stereocenters. The van der Waals surface area contributed by atoms with E-state index >= 15 is 0 Å². The van der Waals surface area contributed by atoms with Gasteiger partial charge in [-0.1, -0.05) is 6.92 Å².